The summed E-state index contributed by atoms with van der Waals surface area (Å²) in [5.41, 5.74) is 0. The van der Waals surface area contributed by atoms with E-state index in [2.05, 4.69) is 29.6 Å². The number of benzene rings is 2. The Kier molecular flexibility index (Phi) is 3.84. The van der Waals surface area contributed by atoms with Crippen LogP contribution in [-0.4, -0.2) is 35.2 Å². The van der Waals surface area contributed by atoms with Crippen molar-refractivity contribution in [3.05, 3.63) is 42.5 Å². The molecule has 0 aliphatic carbocycles. The molecule has 108 valence electrons. The molecule has 0 radical (unpaired) electrons. The van der Waals surface area contributed by atoms with E-state index in [9.17, 15) is 9.59 Å². The highest BCUT2D eigenvalue weighted by Crippen LogP contribution is 2.28. The number of thioether (sulfide) groups is 1. The molecule has 1 atom stereocenters. The first kappa shape index (κ1) is 13.9. The van der Waals surface area contributed by atoms with Crippen molar-refractivity contribution < 1.29 is 9.59 Å². The van der Waals surface area contributed by atoms with Gasteiger partial charge in [-0.25, -0.2) is 4.79 Å². The zero-order valence-corrected chi connectivity index (χ0v) is 12.5. The fourth-order valence-electron chi connectivity index (χ4n) is 2.40. The molecule has 1 N–H and O–H groups in total. The minimum atomic E-state index is -0.286. The lowest BCUT2D eigenvalue weighted by molar-refractivity contribution is -0.126. The molecule has 2 aromatic rings. The Labute approximate surface area is 127 Å². The quantitative estimate of drug-likeness (QED) is 0.887. The maximum atomic E-state index is 12.3. The Bertz CT molecular complexity index is 701. The molecule has 0 bridgehead atoms. The number of fused-ring (bicyclic) bond motifs is 1. The van der Waals surface area contributed by atoms with Gasteiger partial charge in [-0.3, -0.25) is 9.69 Å². The second-order valence-corrected chi connectivity index (χ2v) is 6.41. The van der Waals surface area contributed by atoms with Crippen molar-refractivity contribution in [1.29, 1.82) is 0 Å². The minimum Gasteiger partial charge on any atom is -0.336 e. The van der Waals surface area contributed by atoms with Gasteiger partial charge in [0.2, 0.25) is 5.91 Å². The predicted octanol–water partition coefficient (Wildman–Crippen LogP) is 2.87. The molecule has 3 amide bonds. The predicted molar refractivity (Wildman–Crippen MR) is 84.4 cm³/mol. The molecule has 5 heteroatoms. The van der Waals surface area contributed by atoms with Crippen LogP contribution in [-0.2, 0) is 4.79 Å². The van der Waals surface area contributed by atoms with Gasteiger partial charge in [0.15, 0.2) is 0 Å². The lowest BCUT2D eigenvalue weighted by atomic mass is 10.1. The molecule has 1 heterocycles. The Balaban J connectivity index is 1.75. The number of amides is 3. The van der Waals surface area contributed by atoms with Crippen molar-refractivity contribution in [2.45, 2.75) is 17.1 Å². The zero-order chi connectivity index (χ0) is 14.8. The molecule has 1 aliphatic rings. The Morgan fingerprint density at radius 1 is 1.24 bits per heavy atom. The first-order valence-electron chi connectivity index (χ1n) is 6.90. The van der Waals surface area contributed by atoms with E-state index in [1.807, 2.05) is 25.1 Å². The molecular weight excluding hydrogens is 284 g/mol. The van der Waals surface area contributed by atoms with Crippen molar-refractivity contribution in [3.8, 4) is 0 Å². The second-order valence-electron chi connectivity index (χ2n) is 4.99. The number of carbonyl (C=O) groups excluding carboxylic acids is 2. The van der Waals surface area contributed by atoms with E-state index in [0.717, 1.165) is 10.3 Å². The Hall–Kier alpha value is -2.01. The molecule has 21 heavy (non-hydrogen) atoms. The van der Waals surface area contributed by atoms with Crippen LogP contribution in [0.2, 0.25) is 0 Å². The summed E-state index contributed by atoms with van der Waals surface area (Å²) in [6.07, 6.45) is 0. The van der Waals surface area contributed by atoms with Crippen molar-refractivity contribution in [2.24, 2.45) is 0 Å². The van der Waals surface area contributed by atoms with Crippen LogP contribution >= 0.6 is 11.8 Å². The van der Waals surface area contributed by atoms with Crippen molar-refractivity contribution in [3.63, 3.8) is 0 Å². The lowest BCUT2D eigenvalue weighted by Gasteiger charge is -2.17. The number of nitrogens with one attached hydrogen (secondary N) is 1. The summed E-state index contributed by atoms with van der Waals surface area (Å²) >= 11 is 1.48. The van der Waals surface area contributed by atoms with Crippen LogP contribution in [0.4, 0.5) is 4.79 Å². The summed E-state index contributed by atoms with van der Waals surface area (Å²) < 4.78 is 0. The van der Waals surface area contributed by atoms with Crippen molar-refractivity contribution >= 4 is 34.5 Å². The molecule has 3 rings (SSSR count). The third kappa shape index (κ3) is 2.88. The Morgan fingerprint density at radius 3 is 2.71 bits per heavy atom. The number of hydrogen-bond acceptors (Lipinski definition) is 3. The molecule has 0 spiro atoms. The lowest BCUT2D eigenvalue weighted by Crippen LogP contribution is -2.38. The molecule has 0 saturated carbocycles. The van der Waals surface area contributed by atoms with Gasteiger partial charge in [0.1, 0.15) is 0 Å². The number of hydrogen-bond donors (Lipinski definition) is 1. The maximum Gasteiger partial charge on any atom is 0.324 e. The highest BCUT2D eigenvalue weighted by molar-refractivity contribution is 8.00. The van der Waals surface area contributed by atoms with Crippen LogP contribution in [0, 0.1) is 0 Å². The highest BCUT2D eigenvalue weighted by Gasteiger charge is 2.30. The third-order valence-electron chi connectivity index (χ3n) is 3.50. The molecule has 0 unspecified atom stereocenters. The number of carbonyl (C=O) groups is 2. The molecule has 1 saturated heterocycles. The van der Waals surface area contributed by atoms with Gasteiger partial charge in [0.25, 0.3) is 0 Å². The summed E-state index contributed by atoms with van der Waals surface area (Å²) in [6, 6.07) is 14.0. The van der Waals surface area contributed by atoms with Gasteiger partial charge in [-0.05, 0) is 29.8 Å². The SMILES string of the molecule is C[C@@H](Sc1ccc2ccccc2c1)C(=O)N1CCNC1=O. The molecule has 0 aromatic heterocycles. The monoisotopic (exact) mass is 300 g/mol. The summed E-state index contributed by atoms with van der Waals surface area (Å²) in [7, 11) is 0. The fourth-order valence-corrected chi connectivity index (χ4v) is 3.37. The van der Waals surface area contributed by atoms with Crippen LogP contribution in [0.25, 0.3) is 10.8 Å². The summed E-state index contributed by atoms with van der Waals surface area (Å²) in [5, 5.41) is 4.70. The van der Waals surface area contributed by atoms with Crippen LogP contribution < -0.4 is 5.32 Å². The number of rotatable bonds is 3. The number of imide groups is 1. The summed E-state index contributed by atoms with van der Waals surface area (Å²) in [4.78, 5) is 26.1. The first-order chi connectivity index (χ1) is 10.1. The average molecular weight is 300 g/mol. The fraction of sp³-hybridized carbons (Fsp3) is 0.250. The second kappa shape index (κ2) is 5.77. The van der Waals surface area contributed by atoms with Gasteiger partial charge in [-0.1, -0.05) is 30.3 Å². The molecule has 2 aromatic carbocycles. The maximum absolute atomic E-state index is 12.3. The van der Waals surface area contributed by atoms with E-state index in [-0.39, 0.29) is 17.2 Å². The molecular formula is C16H16N2O2S. The van der Waals surface area contributed by atoms with E-state index < -0.39 is 0 Å². The zero-order valence-electron chi connectivity index (χ0n) is 11.7. The topological polar surface area (TPSA) is 49.4 Å². The van der Waals surface area contributed by atoms with E-state index >= 15 is 0 Å². The molecule has 1 aliphatic heterocycles. The van der Waals surface area contributed by atoms with Gasteiger partial charge >= 0.3 is 6.03 Å². The largest absolute Gasteiger partial charge is 0.336 e. The van der Waals surface area contributed by atoms with Crippen molar-refractivity contribution in [2.75, 3.05) is 13.1 Å². The van der Waals surface area contributed by atoms with Gasteiger partial charge in [-0.2, -0.15) is 0 Å². The number of urea groups is 1. The average Bonchev–Trinajstić information content (AvgIpc) is 2.92. The van der Waals surface area contributed by atoms with Crippen LogP contribution in [0.1, 0.15) is 6.92 Å². The van der Waals surface area contributed by atoms with Crippen LogP contribution in [0.5, 0.6) is 0 Å². The highest BCUT2D eigenvalue weighted by atomic mass is 32.2. The normalized spacial score (nSPS) is 16.0. The van der Waals surface area contributed by atoms with E-state index in [0.29, 0.717) is 13.1 Å². The molecule has 1 fully saturated rings. The van der Waals surface area contributed by atoms with Gasteiger partial charge < -0.3 is 5.32 Å². The summed E-state index contributed by atoms with van der Waals surface area (Å²) in [6.45, 7) is 2.84. The number of nitrogens with zero attached hydrogens (tertiary/aromatic N) is 1. The van der Waals surface area contributed by atoms with Gasteiger partial charge in [0, 0.05) is 18.0 Å². The third-order valence-corrected chi connectivity index (χ3v) is 4.59. The van der Waals surface area contributed by atoms with Gasteiger partial charge in [-0.15, -0.1) is 11.8 Å². The van der Waals surface area contributed by atoms with Crippen LogP contribution in [0.3, 0.4) is 0 Å². The smallest absolute Gasteiger partial charge is 0.324 e. The minimum absolute atomic E-state index is 0.136. The molecule has 4 nitrogen and oxygen atoms in total. The van der Waals surface area contributed by atoms with Crippen molar-refractivity contribution in [1.82, 2.24) is 10.2 Å². The summed E-state index contributed by atoms with van der Waals surface area (Å²) in [5.74, 6) is -0.136. The van der Waals surface area contributed by atoms with E-state index in [1.165, 1.54) is 22.0 Å². The van der Waals surface area contributed by atoms with Crippen LogP contribution in [0.15, 0.2) is 47.4 Å². The first-order valence-corrected chi connectivity index (χ1v) is 7.78. The standard InChI is InChI=1S/C16H16N2O2S/c1-11(15(19)18-9-8-17-16(18)20)21-14-7-6-12-4-2-3-5-13(12)10-14/h2-7,10-11H,8-9H2,1H3,(H,17,20)/t11-/m1/s1. The Morgan fingerprint density at radius 2 is 2.00 bits per heavy atom. The van der Waals surface area contributed by atoms with Gasteiger partial charge in [0.05, 0.1) is 5.25 Å². The van der Waals surface area contributed by atoms with E-state index in [1.54, 1.807) is 0 Å². The van der Waals surface area contributed by atoms with E-state index in [4.69, 9.17) is 0 Å².